The van der Waals surface area contributed by atoms with Crippen LogP contribution in [0.3, 0.4) is 0 Å². The highest BCUT2D eigenvalue weighted by Gasteiger charge is 2.55. The van der Waals surface area contributed by atoms with Gasteiger partial charge in [0.2, 0.25) is 0 Å². The normalized spacial score (nSPS) is 37.1. The van der Waals surface area contributed by atoms with Crippen molar-refractivity contribution in [3.8, 4) is 0 Å². The average Bonchev–Trinajstić information content (AvgIpc) is 2.66. The van der Waals surface area contributed by atoms with Crippen LogP contribution in [0.4, 0.5) is 0 Å². The molecule has 0 saturated heterocycles. The van der Waals surface area contributed by atoms with Gasteiger partial charge in [0.05, 0.1) is 12.2 Å². The molecule has 4 nitrogen and oxygen atoms in total. The number of aliphatic hydroxyl groups excluding tert-OH is 2. The number of aliphatic hydroxyl groups is 2. The van der Waals surface area contributed by atoms with E-state index in [9.17, 15) is 15.0 Å². The topological polar surface area (TPSA) is 77.8 Å². The fourth-order valence-corrected chi connectivity index (χ4v) is 5.92. The van der Waals surface area contributed by atoms with E-state index in [0.29, 0.717) is 18.3 Å². The molecule has 3 saturated carbocycles. The molecule has 0 heterocycles. The van der Waals surface area contributed by atoms with Crippen molar-refractivity contribution >= 4 is 5.97 Å². The van der Waals surface area contributed by atoms with Gasteiger partial charge in [-0.3, -0.25) is 4.79 Å². The smallest absolute Gasteiger partial charge is 0.303 e. The van der Waals surface area contributed by atoms with Crippen LogP contribution in [0.25, 0.3) is 0 Å². The van der Waals surface area contributed by atoms with Gasteiger partial charge in [-0.1, -0.05) is 50.0 Å². The molecule has 3 fully saturated rings. The van der Waals surface area contributed by atoms with Crippen molar-refractivity contribution in [2.45, 2.75) is 89.8 Å². The first-order valence-electron chi connectivity index (χ1n) is 10.9. The van der Waals surface area contributed by atoms with Gasteiger partial charge >= 0.3 is 5.97 Å². The number of allylic oxidation sites excluding steroid dienone is 2. The highest BCUT2D eigenvalue weighted by Crippen LogP contribution is 2.63. The van der Waals surface area contributed by atoms with E-state index < -0.39 is 5.97 Å². The maximum absolute atomic E-state index is 10.8. The van der Waals surface area contributed by atoms with Gasteiger partial charge in [-0.05, 0) is 62.2 Å². The van der Waals surface area contributed by atoms with E-state index in [0.717, 1.165) is 38.5 Å². The van der Waals surface area contributed by atoms with Crippen molar-refractivity contribution in [2.24, 2.45) is 23.2 Å². The number of fused-ring (bicyclic) bond motifs is 1. The molecule has 27 heavy (non-hydrogen) atoms. The molecule has 0 bridgehead atoms. The lowest BCUT2D eigenvalue weighted by molar-refractivity contribution is -0.136. The van der Waals surface area contributed by atoms with Gasteiger partial charge in [0.1, 0.15) is 0 Å². The second kappa shape index (κ2) is 8.91. The summed E-state index contributed by atoms with van der Waals surface area (Å²) < 4.78 is 0. The number of carboxylic acid groups (broad SMARTS) is 1. The maximum atomic E-state index is 10.8. The molecule has 3 N–H and O–H groups in total. The van der Waals surface area contributed by atoms with Crippen molar-refractivity contribution in [3.05, 3.63) is 23.8 Å². The van der Waals surface area contributed by atoms with E-state index >= 15 is 0 Å². The third kappa shape index (κ3) is 4.32. The lowest BCUT2D eigenvalue weighted by atomic mass is 9.46. The summed E-state index contributed by atoms with van der Waals surface area (Å²) in [5, 5.41) is 30.1. The highest BCUT2D eigenvalue weighted by molar-refractivity contribution is 5.66. The summed E-state index contributed by atoms with van der Waals surface area (Å²) in [6.07, 6.45) is 16.0. The van der Waals surface area contributed by atoms with Gasteiger partial charge in [0.25, 0.3) is 0 Å². The fraction of sp³-hybridized carbons (Fsp3) is 0.783. The van der Waals surface area contributed by atoms with Gasteiger partial charge in [-0.25, -0.2) is 0 Å². The van der Waals surface area contributed by atoms with Crippen LogP contribution in [0.5, 0.6) is 0 Å². The van der Waals surface area contributed by atoms with Crippen LogP contribution in [0.2, 0.25) is 0 Å². The number of hydrogen-bond donors (Lipinski definition) is 3. The zero-order valence-corrected chi connectivity index (χ0v) is 16.6. The zero-order chi connectivity index (χ0) is 19.4. The Morgan fingerprint density at radius 1 is 1.26 bits per heavy atom. The monoisotopic (exact) mass is 376 g/mol. The van der Waals surface area contributed by atoms with Crippen molar-refractivity contribution in [2.75, 3.05) is 0 Å². The molecule has 0 radical (unpaired) electrons. The van der Waals surface area contributed by atoms with Gasteiger partial charge in [-0.15, -0.1) is 0 Å². The third-order valence-electron chi connectivity index (χ3n) is 7.63. The van der Waals surface area contributed by atoms with Crippen molar-refractivity contribution in [1.29, 1.82) is 0 Å². The maximum Gasteiger partial charge on any atom is 0.303 e. The van der Waals surface area contributed by atoms with Crippen molar-refractivity contribution < 1.29 is 20.1 Å². The molecule has 5 atom stereocenters. The van der Waals surface area contributed by atoms with Crippen LogP contribution in [0, 0.1) is 23.2 Å². The Morgan fingerprint density at radius 2 is 2.00 bits per heavy atom. The fourth-order valence-electron chi connectivity index (χ4n) is 5.92. The second-order valence-corrected chi connectivity index (χ2v) is 8.94. The molecule has 3 rings (SSSR count). The SMILES string of the molecule is CC[C@]12CC[C@@H](O)[C@H](C=CC(O)C3CCCCC3)[C@H]1CC2=CCCC(=O)O. The summed E-state index contributed by atoms with van der Waals surface area (Å²) in [5.41, 5.74) is 1.53. The second-order valence-electron chi connectivity index (χ2n) is 8.94. The Morgan fingerprint density at radius 3 is 2.67 bits per heavy atom. The number of carbonyl (C=O) groups is 1. The van der Waals surface area contributed by atoms with E-state index in [1.807, 2.05) is 6.08 Å². The van der Waals surface area contributed by atoms with Crippen LogP contribution in [-0.4, -0.2) is 33.5 Å². The first kappa shape index (κ1) is 20.6. The molecule has 0 aliphatic heterocycles. The van der Waals surface area contributed by atoms with Gasteiger partial charge in [0, 0.05) is 12.3 Å². The van der Waals surface area contributed by atoms with Gasteiger partial charge in [0.15, 0.2) is 0 Å². The highest BCUT2D eigenvalue weighted by atomic mass is 16.4. The van der Waals surface area contributed by atoms with E-state index in [2.05, 4.69) is 19.1 Å². The minimum Gasteiger partial charge on any atom is -0.481 e. The first-order chi connectivity index (χ1) is 13.0. The Bertz CT molecular complexity index is 575. The molecular weight excluding hydrogens is 340 g/mol. The minimum absolute atomic E-state index is 0.105. The minimum atomic E-state index is -0.746. The summed E-state index contributed by atoms with van der Waals surface area (Å²) in [4.78, 5) is 10.8. The van der Waals surface area contributed by atoms with E-state index in [1.165, 1.54) is 24.8 Å². The predicted octanol–water partition coefficient (Wildman–Crippen LogP) is 4.46. The molecule has 152 valence electrons. The number of hydrogen-bond acceptors (Lipinski definition) is 3. The summed E-state index contributed by atoms with van der Waals surface area (Å²) in [7, 11) is 0. The number of rotatable bonds is 7. The Balaban J connectivity index is 1.67. The molecule has 3 aliphatic rings. The van der Waals surface area contributed by atoms with Crippen LogP contribution >= 0.6 is 0 Å². The molecular formula is C23H36O4. The lowest BCUT2D eigenvalue weighted by Gasteiger charge is -2.59. The summed E-state index contributed by atoms with van der Waals surface area (Å²) in [6, 6.07) is 0. The van der Waals surface area contributed by atoms with Crippen LogP contribution < -0.4 is 0 Å². The Labute approximate surface area is 163 Å². The first-order valence-corrected chi connectivity index (χ1v) is 10.9. The lowest BCUT2D eigenvalue weighted by Crippen LogP contribution is -2.53. The average molecular weight is 377 g/mol. The van der Waals surface area contributed by atoms with Crippen LogP contribution in [0.15, 0.2) is 23.8 Å². The molecule has 0 aromatic rings. The standard InChI is InChI=1S/C23H36O4/c1-2-23-14-13-21(25)18(11-12-20(24)16-7-4-3-5-8-16)19(23)15-17(23)9-6-10-22(26)27/h9,11-12,16,18-21,24-25H,2-8,10,13-15H2,1H3,(H,26,27)/t18-,19-,20?,21-,23-/m1/s1. The molecule has 3 aliphatic carbocycles. The van der Waals surface area contributed by atoms with Crippen molar-refractivity contribution in [3.63, 3.8) is 0 Å². The van der Waals surface area contributed by atoms with Gasteiger partial charge < -0.3 is 15.3 Å². The predicted molar refractivity (Wildman–Crippen MR) is 106 cm³/mol. The summed E-state index contributed by atoms with van der Waals surface area (Å²) in [5.74, 6) is 0.148. The van der Waals surface area contributed by atoms with E-state index in [1.54, 1.807) is 0 Å². The van der Waals surface area contributed by atoms with Crippen molar-refractivity contribution in [1.82, 2.24) is 0 Å². The summed E-state index contributed by atoms with van der Waals surface area (Å²) in [6.45, 7) is 2.21. The van der Waals surface area contributed by atoms with E-state index in [-0.39, 0.29) is 30.0 Å². The molecule has 0 spiro atoms. The number of carboxylic acids is 1. The Hall–Kier alpha value is -1.13. The van der Waals surface area contributed by atoms with Crippen LogP contribution in [0.1, 0.15) is 77.6 Å². The zero-order valence-electron chi connectivity index (χ0n) is 16.6. The van der Waals surface area contributed by atoms with Crippen LogP contribution in [-0.2, 0) is 4.79 Å². The molecule has 0 aromatic heterocycles. The molecule has 0 amide bonds. The number of aliphatic carboxylic acids is 1. The largest absolute Gasteiger partial charge is 0.481 e. The summed E-state index contributed by atoms with van der Waals surface area (Å²) >= 11 is 0. The molecule has 0 aromatic carbocycles. The molecule has 1 unspecified atom stereocenters. The molecule has 4 heteroatoms. The Kier molecular flexibility index (Phi) is 6.80. The van der Waals surface area contributed by atoms with E-state index in [4.69, 9.17) is 5.11 Å². The van der Waals surface area contributed by atoms with Gasteiger partial charge in [-0.2, -0.15) is 0 Å². The third-order valence-corrected chi connectivity index (χ3v) is 7.63. The quantitative estimate of drug-likeness (QED) is 0.573.